The molecular formula is C14H20BrN3O2. The molecule has 1 aromatic rings. The molecule has 3 N–H and O–H groups in total. The zero-order valence-corrected chi connectivity index (χ0v) is 13.5. The highest BCUT2D eigenvalue weighted by molar-refractivity contribution is 9.10. The Labute approximate surface area is 127 Å². The van der Waals surface area contributed by atoms with Crippen molar-refractivity contribution >= 4 is 33.6 Å². The monoisotopic (exact) mass is 341 g/mol. The van der Waals surface area contributed by atoms with E-state index in [1.807, 2.05) is 39.0 Å². The van der Waals surface area contributed by atoms with E-state index in [4.69, 9.17) is 0 Å². The second-order valence-electron chi connectivity index (χ2n) is 4.96. The highest BCUT2D eigenvalue weighted by atomic mass is 79.9. The van der Waals surface area contributed by atoms with Crippen LogP contribution in [0.1, 0.15) is 19.4 Å². The molecule has 0 aromatic heterocycles. The summed E-state index contributed by atoms with van der Waals surface area (Å²) in [6, 6.07) is 5.25. The van der Waals surface area contributed by atoms with Gasteiger partial charge in [-0.2, -0.15) is 0 Å². The zero-order chi connectivity index (χ0) is 15.1. The number of urea groups is 1. The maximum atomic E-state index is 11.7. The number of hydrogen-bond acceptors (Lipinski definition) is 2. The van der Waals surface area contributed by atoms with Gasteiger partial charge in [0, 0.05) is 16.7 Å². The van der Waals surface area contributed by atoms with Crippen LogP contribution in [0.4, 0.5) is 10.5 Å². The normalized spacial score (nSPS) is 10.2. The van der Waals surface area contributed by atoms with E-state index in [0.29, 0.717) is 12.5 Å². The van der Waals surface area contributed by atoms with Crippen molar-refractivity contribution in [1.82, 2.24) is 10.6 Å². The van der Waals surface area contributed by atoms with Crippen LogP contribution in [0.5, 0.6) is 0 Å². The first-order valence-corrected chi connectivity index (χ1v) is 7.25. The Hall–Kier alpha value is -1.56. The summed E-state index contributed by atoms with van der Waals surface area (Å²) in [7, 11) is 0. The van der Waals surface area contributed by atoms with Crippen LogP contribution in [-0.2, 0) is 4.79 Å². The molecule has 1 rings (SSSR count). The lowest BCUT2D eigenvalue weighted by Crippen LogP contribution is -2.41. The summed E-state index contributed by atoms with van der Waals surface area (Å²) < 4.78 is 0.958. The van der Waals surface area contributed by atoms with Gasteiger partial charge in [-0.15, -0.1) is 0 Å². The van der Waals surface area contributed by atoms with Gasteiger partial charge in [0.2, 0.25) is 5.91 Å². The standard InChI is InChI=1S/C14H20BrN3O2/c1-9(2)7-16-14(20)17-8-13(19)18-12-5-4-11(15)6-10(12)3/h4-6,9H,7-8H2,1-3H3,(H,18,19)(H2,16,17,20). The summed E-state index contributed by atoms with van der Waals surface area (Å²) in [4.78, 5) is 23.1. The quantitative estimate of drug-likeness (QED) is 0.770. The smallest absolute Gasteiger partial charge is 0.315 e. The number of rotatable bonds is 5. The summed E-state index contributed by atoms with van der Waals surface area (Å²) in [5.41, 5.74) is 1.69. The molecule has 0 atom stereocenters. The third kappa shape index (κ3) is 6.06. The van der Waals surface area contributed by atoms with Crippen molar-refractivity contribution in [3.8, 4) is 0 Å². The van der Waals surface area contributed by atoms with Crippen LogP contribution in [-0.4, -0.2) is 25.0 Å². The zero-order valence-electron chi connectivity index (χ0n) is 11.9. The van der Waals surface area contributed by atoms with Crippen molar-refractivity contribution in [2.24, 2.45) is 5.92 Å². The summed E-state index contributed by atoms with van der Waals surface area (Å²) >= 11 is 3.36. The van der Waals surface area contributed by atoms with Crippen molar-refractivity contribution in [1.29, 1.82) is 0 Å². The molecule has 0 saturated heterocycles. The van der Waals surface area contributed by atoms with Gasteiger partial charge in [0.1, 0.15) is 0 Å². The van der Waals surface area contributed by atoms with Gasteiger partial charge in [-0.05, 0) is 36.6 Å². The number of anilines is 1. The molecule has 0 aliphatic rings. The van der Waals surface area contributed by atoms with Crippen LogP contribution in [0.15, 0.2) is 22.7 Å². The number of carbonyl (C=O) groups excluding carboxylic acids is 2. The number of amides is 3. The van der Waals surface area contributed by atoms with Gasteiger partial charge in [0.25, 0.3) is 0 Å². The highest BCUT2D eigenvalue weighted by Crippen LogP contribution is 2.19. The van der Waals surface area contributed by atoms with Gasteiger partial charge >= 0.3 is 6.03 Å². The molecule has 0 spiro atoms. The second-order valence-corrected chi connectivity index (χ2v) is 5.88. The molecule has 0 fully saturated rings. The Morgan fingerprint density at radius 3 is 2.55 bits per heavy atom. The topological polar surface area (TPSA) is 70.2 Å². The number of hydrogen-bond donors (Lipinski definition) is 3. The fraction of sp³-hybridized carbons (Fsp3) is 0.429. The summed E-state index contributed by atoms with van der Waals surface area (Å²) in [5, 5.41) is 7.96. The van der Waals surface area contributed by atoms with Crippen LogP contribution >= 0.6 is 15.9 Å². The van der Waals surface area contributed by atoms with Gasteiger partial charge in [-0.1, -0.05) is 29.8 Å². The molecule has 5 nitrogen and oxygen atoms in total. The molecule has 0 aliphatic heterocycles. The first-order valence-electron chi connectivity index (χ1n) is 6.46. The molecule has 110 valence electrons. The van der Waals surface area contributed by atoms with Crippen molar-refractivity contribution in [3.63, 3.8) is 0 Å². The lowest BCUT2D eigenvalue weighted by atomic mass is 10.2. The number of aryl methyl sites for hydroxylation is 1. The van der Waals surface area contributed by atoms with E-state index in [1.54, 1.807) is 0 Å². The predicted octanol–water partition coefficient (Wildman–Crippen LogP) is 2.65. The van der Waals surface area contributed by atoms with E-state index < -0.39 is 0 Å². The Bertz CT molecular complexity index is 489. The SMILES string of the molecule is Cc1cc(Br)ccc1NC(=O)CNC(=O)NCC(C)C. The Morgan fingerprint density at radius 1 is 1.25 bits per heavy atom. The fourth-order valence-corrected chi connectivity index (χ4v) is 1.96. The fourth-order valence-electron chi connectivity index (χ4n) is 1.48. The van der Waals surface area contributed by atoms with Crippen molar-refractivity contribution < 1.29 is 9.59 Å². The van der Waals surface area contributed by atoms with E-state index in [-0.39, 0.29) is 18.5 Å². The average Bonchev–Trinajstić information content (AvgIpc) is 2.37. The third-order valence-electron chi connectivity index (χ3n) is 2.54. The summed E-state index contributed by atoms with van der Waals surface area (Å²) in [5.74, 6) is 0.120. The van der Waals surface area contributed by atoms with Gasteiger partial charge in [-0.25, -0.2) is 4.79 Å². The first-order chi connectivity index (χ1) is 9.38. The molecule has 3 amide bonds. The first kappa shape index (κ1) is 16.5. The largest absolute Gasteiger partial charge is 0.338 e. The Balaban J connectivity index is 2.38. The van der Waals surface area contributed by atoms with Gasteiger partial charge in [0.15, 0.2) is 0 Å². The van der Waals surface area contributed by atoms with E-state index in [9.17, 15) is 9.59 Å². The minimum atomic E-state index is -0.332. The number of halogens is 1. The number of carbonyl (C=O) groups is 2. The van der Waals surface area contributed by atoms with E-state index in [1.165, 1.54) is 0 Å². The highest BCUT2D eigenvalue weighted by Gasteiger charge is 2.07. The van der Waals surface area contributed by atoms with Crippen LogP contribution in [0.3, 0.4) is 0 Å². The van der Waals surface area contributed by atoms with Crippen molar-refractivity contribution in [2.45, 2.75) is 20.8 Å². The van der Waals surface area contributed by atoms with Crippen LogP contribution in [0.25, 0.3) is 0 Å². The molecule has 1 aromatic carbocycles. The molecule has 20 heavy (non-hydrogen) atoms. The summed E-state index contributed by atoms with van der Waals surface area (Å²) in [6.07, 6.45) is 0. The predicted molar refractivity (Wildman–Crippen MR) is 83.7 cm³/mol. The van der Waals surface area contributed by atoms with E-state index in [2.05, 4.69) is 31.9 Å². The molecule has 0 heterocycles. The minimum Gasteiger partial charge on any atom is -0.338 e. The second kappa shape index (κ2) is 7.89. The molecule has 0 radical (unpaired) electrons. The van der Waals surface area contributed by atoms with Crippen LogP contribution in [0, 0.1) is 12.8 Å². The van der Waals surface area contributed by atoms with E-state index in [0.717, 1.165) is 15.7 Å². The maximum absolute atomic E-state index is 11.7. The number of benzene rings is 1. The van der Waals surface area contributed by atoms with Gasteiger partial charge < -0.3 is 16.0 Å². The van der Waals surface area contributed by atoms with Crippen molar-refractivity contribution in [3.05, 3.63) is 28.2 Å². The molecule has 0 saturated carbocycles. The molecular weight excluding hydrogens is 322 g/mol. The maximum Gasteiger partial charge on any atom is 0.315 e. The van der Waals surface area contributed by atoms with Gasteiger partial charge in [0.05, 0.1) is 6.54 Å². The van der Waals surface area contributed by atoms with E-state index >= 15 is 0 Å². The summed E-state index contributed by atoms with van der Waals surface area (Å²) in [6.45, 7) is 6.44. The van der Waals surface area contributed by atoms with Gasteiger partial charge in [-0.3, -0.25) is 4.79 Å². The van der Waals surface area contributed by atoms with Crippen LogP contribution < -0.4 is 16.0 Å². The molecule has 0 bridgehead atoms. The van der Waals surface area contributed by atoms with Crippen LogP contribution in [0.2, 0.25) is 0 Å². The lowest BCUT2D eigenvalue weighted by Gasteiger charge is -2.11. The number of nitrogens with one attached hydrogen (secondary N) is 3. The minimum absolute atomic E-state index is 0.0561. The lowest BCUT2D eigenvalue weighted by molar-refractivity contribution is -0.115. The Morgan fingerprint density at radius 2 is 1.95 bits per heavy atom. The molecule has 6 heteroatoms. The molecule has 0 aliphatic carbocycles. The molecule has 0 unspecified atom stereocenters. The third-order valence-corrected chi connectivity index (χ3v) is 3.04. The Kier molecular flexibility index (Phi) is 6.51. The van der Waals surface area contributed by atoms with Crippen molar-refractivity contribution in [2.75, 3.05) is 18.4 Å². The average molecular weight is 342 g/mol.